The summed E-state index contributed by atoms with van der Waals surface area (Å²) in [7, 11) is 0. The molecule has 0 radical (unpaired) electrons. The van der Waals surface area contributed by atoms with E-state index in [1.807, 2.05) is 17.8 Å². The Balaban J connectivity index is 2.21. The van der Waals surface area contributed by atoms with Crippen LogP contribution in [-0.2, 0) is 0 Å². The Hall–Kier alpha value is -0.590. The van der Waals surface area contributed by atoms with Crippen LogP contribution >= 0.6 is 35.3 Å². The molecule has 0 saturated heterocycles. The highest BCUT2D eigenvalue weighted by molar-refractivity contribution is 7.99. The highest BCUT2D eigenvalue weighted by Gasteiger charge is 2.14. The fraction of sp³-hybridized carbons (Fsp3) is 0.500. The fourth-order valence-corrected chi connectivity index (χ4v) is 3.64. The van der Waals surface area contributed by atoms with Crippen molar-refractivity contribution in [2.24, 2.45) is 0 Å². The Morgan fingerprint density at radius 1 is 1.61 bits per heavy atom. The zero-order valence-electron chi connectivity index (χ0n) is 10.5. The van der Waals surface area contributed by atoms with E-state index in [-0.39, 0.29) is 0 Å². The van der Waals surface area contributed by atoms with Gasteiger partial charge in [0, 0.05) is 6.04 Å². The highest BCUT2D eigenvalue weighted by Crippen LogP contribution is 2.27. The van der Waals surface area contributed by atoms with Gasteiger partial charge in [0.15, 0.2) is 10.6 Å². The second kappa shape index (κ2) is 6.54. The Bertz CT molecular complexity index is 527. The molecular formula is C12H17N3S3. The van der Waals surface area contributed by atoms with E-state index in [1.54, 1.807) is 11.3 Å². The molecular weight excluding hydrogens is 282 g/mol. The molecule has 0 aliphatic heterocycles. The summed E-state index contributed by atoms with van der Waals surface area (Å²) in [4.78, 5) is 1.16. The molecule has 2 heterocycles. The first-order valence-corrected chi connectivity index (χ1v) is 8.46. The van der Waals surface area contributed by atoms with Crippen LogP contribution < -0.4 is 0 Å². The minimum absolute atomic E-state index is 0.382. The summed E-state index contributed by atoms with van der Waals surface area (Å²) < 4.78 is 2.85. The smallest absolute Gasteiger partial charge is 0.195 e. The van der Waals surface area contributed by atoms with E-state index in [0.717, 1.165) is 22.9 Å². The summed E-state index contributed by atoms with van der Waals surface area (Å²) in [5.41, 5.74) is 0. The lowest BCUT2D eigenvalue weighted by atomic mass is 10.2. The van der Waals surface area contributed by atoms with Crippen LogP contribution in [0.15, 0.2) is 17.5 Å². The molecule has 2 rings (SSSR count). The van der Waals surface area contributed by atoms with E-state index in [9.17, 15) is 0 Å². The van der Waals surface area contributed by atoms with Gasteiger partial charge >= 0.3 is 0 Å². The molecule has 0 amide bonds. The van der Waals surface area contributed by atoms with Crippen molar-refractivity contribution in [3.8, 4) is 10.7 Å². The standard InChI is InChI=1S/C12H17N3S3/c1-3-17-8-6-9(2)15-11(13-14-12(15)16)10-5-4-7-18-10/h4-5,7,9H,3,6,8H2,1-2H3,(H,14,16). The number of aromatic nitrogens is 3. The number of thiophene rings is 1. The predicted molar refractivity (Wildman–Crippen MR) is 83.1 cm³/mol. The highest BCUT2D eigenvalue weighted by atomic mass is 32.2. The molecule has 2 aromatic rings. The van der Waals surface area contributed by atoms with Gasteiger partial charge in [-0.2, -0.15) is 16.9 Å². The van der Waals surface area contributed by atoms with E-state index in [0.29, 0.717) is 10.8 Å². The lowest BCUT2D eigenvalue weighted by Crippen LogP contribution is -2.08. The predicted octanol–water partition coefficient (Wildman–Crippen LogP) is 4.37. The van der Waals surface area contributed by atoms with Crippen LogP contribution in [0.3, 0.4) is 0 Å². The van der Waals surface area contributed by atoms with E-state index in [1.165, 1.54) is 5.75 Å². The van der Waals surface area contributed by atoms with E-state index in [2.05, 4.69) is 40.1 Å². The third kappa shape index (κ3) is 3.05. The Labute approximate surface area is 121 Å². The van der Waals surface area contributed by atoms with Crippen molar-refractivity contribution >= 4 is 35.3 Å². The molecule has 0 bridgehead atoms. The van der Waals surface area contributed by atoms with Gasteiger partial charge < -0.3 is 0 Å². The van der Waals surface area contributed by atoms with Crippen LogP contribution in [0.25, 0.3) is 10.7 Å². The summed E-state index contributed by atoms with van der Waals surface area (Å²) in [5, 5.41) is 9.33. The summed E-state index contributed by atoms with van der Waals surface area (Å²) in [6.45, 7) is 4.40. The Morgan fingerprint density at radius 2 is 2.44 bits per heavy atom. The number of aromatic amines is 1. The number of H-pyrrole nitrogens is 1. The third-order valence-corrected chi connectivity index (χ3v) is 4.86. The molecule has 0 aliphatic carbocycles. The van der Waals surface area contributed by atoms with Crippen molar-refractivity contribution < 1.29 is 0 Å². The molecule has 0 aliphatic rings. The fourth-order valence-electron chi connectivity index (χ4n) is 1.82. The van der Waals surface area contributed by atoms with Crippen molar-refractivity contribution in [2.45, 2.75) is 26.3 Å². The summed E-state index contributed by atoms with van der Waals surface area (Å²) >= 11 is 9.01. The zero-order chi connectivity index (χ0) is 13.0. The van der Waals surface area contributed by atoms with Gasteiger partial charge in [0.25, 0.3) is 0 Å². The van der Waals surface area contributed by atoms with Crippen LogP contribution in [0.1, 0.15) is 26.3 Å². The normalized spacial score (nSPS) is 12.8. The maximum absolute atomic E-state index is 5.34. The minimum Gasteiger partial charge on any atom is -0.297 e. The maximum atomic E-state index is 5.34. The lowest BCUT2D eigenvalue weighted by molar-refractivity contribution is 0.533. The molecule has 0 saturated carbocycles. The molecule has 3 nitrogen and oxygen atoms in total. The first kappa shape index (κ1) is 13.8. The topological polar surface area (TPSA) is 33.6 Å². The number of thioether (sulfide) groups is 1. The summed E-state index contributed by atoms with van der Waals surface area (Å²) in [6.07, 6.45) is 1.12. The molecule has 2 aromatic heterocycles. The van der Waals surface area contributed by atoms with Crippen molar-refractivity contribution in [1.82, 2.24) is 14.8 Å². The van der Waals surface area contributed by atoms with Gasteiger partial charge in [-0.15, -0.1) is 11.3 Å². The lowest BCUT2D eigenvalue weighted by Gasteiger charge is -2.14. The average molecular weight is 299 g/mol. The Kier molecular flexibility index (Phi) is 5.03. The summed E-state index contributed by atoms with van der Waals surface area (Å²) in [6, 6.07) is 4.51. The molecule has 0 spiro atoms. The summed E-state index contributed by atoms with van der Waals surface area (Å²) in [5.74, 6) is 3.29. The van der Waals surface area contributed by atoms with E-state index >= 15 is 0 Å². The minimum atomic E-state index is 0.382. The Morgan fingerprint density at radius 3 is 3.11 bits per heavy atom. The van der Waals surface area contributed by atoms with E-state index < -0.39 is 0 Å². The van der Waals surface area contributed by atoms with Crippen molar-refractivity contribution in [3.05, 3.63) is 22.3 Å². The van der Waals surface area contributed by atoms with Crippen LogP contribution in [0, 0.1) is 4.77 Å². The van der Waals surface area contributed by atoms with Gasteiger partial charge in [0.1, 0.15) is 0 Å². The molecule has 1 atom stereocenters. The monoisotopic (exact) mass is 299 g/mol. The van der Waals surface area contributed by atoms with Crippen LogP contribution in [0.4, 0.5) is 0 Å². The number of hydrogen-bond acceptors (Lipinski definition) is 4. The molecule has 18 heavy (non-hydrogen) atoms. The molecule has 0 aromatic carbocycles. The number of rotatable bonds is 6. The number of nitrogens with zero attached hydrogens (tertiary/aromatic N) is 2. The van der Waals surface area contributed by atoms with Gasteiger partial charge in [-0.25, -0.2) is 0 Å². The van der Waals surface area contributed by atoms with Crippen LogP contribution in [0.2, 0.25) is 0 Å². The largest absolute Gasteiger partial charge is 0.297 e. The molecule has 0 fully saturated rings. The first-order chi connectivity index (χ1) is 8.74. The number of hydrogen-bond donors (Lipinski definition) is 1. The van der Waals surface area contributed by atoms with Gasteiger partial charge in [-0.3, -0.25) is 9.67 Å². The van der Waals surface area contributed by atoms with E-state index in [4.69, 9.17) is 12.2 Å². The molecule has 98 valence electrons. The van der Waals surface area contributed by atoms with Crippen LogP contribution in [0.5, 0.6) is 0 Å². The molecule has 1 unspecified atom stereocenters. The quantitative estimate of drug-likeness (QED) is 0.635. The van der Waals surface area contributed by atoms with Crippen LogP contribution in [-0.4, -0.2) is 26.3 Å². The van der Waals surface area contributed by atoms with Gasteiger partial charge in [0.2, 0.25) is 0 Å². The van der Waals surface area contributed by atoms with Crippen molar-refractivity contribution in [2.75, 3.05) is 11.5 Å². The number of nitrogens with one attached hydrogen (secondary N) is 1. The maximum Gasteiger partial charge on any atom is 0.195 e. The van der Waals surface area contributed by atoms with Gasteiger partial charge in [-0.1, -0.05) is 13.0 Å². The average Bonchev–Trinajstić information content (AvgIpc) is 2.97. The second-order valence-corrected chi connectivity index (χ2v) is 6.76. The van der Waals surface area contributed by atoms with Crippen molar-refractivity contribution in [3.63, 3.8) is 0 Å². The third-order valence-electron chi connectivity index (χ3n) is 2.77. The zero-order valence-corrected chi connectivity index (χ0v) is 13.0. The van der Waals surface area contributed by atoms with Gasteiger partial charge in [0.05, 0.1) is 4.88 Å². The molecule has 6 heteroatoms. The molecule has 1 N–H and O–H groups in total. The van der Waals surface area contributed by atoms with Gasteiger partial charge in [-0.05, 0) is 48.5 Å². The second-order valence-electron chi connectivity index (χ2n) is 4.03. The SMILES string of the molecule is CCSCCC(C)n1c(-c2cccs2)n[nH]c1=S. The van der Waals surface area contributed by atoms with Crippen molar-refractivity contribution in [1.29, 1.82) is 0 Å². The first-order valence-electron chi connectivity index (χ1n) is 6.02.